The molecule has 4 heteroatoms. The van der Waals surface area contributed by atoms with E-state index in [-0.39, 0.29) is 5.54 Å². The molecule has 72 valence electrons. The Balaban J connectivity index is 2.15. The van der Waals surface area contributed by atoms with Crippen LogP contribution in [-0.2, 0) is 5.54 Å². The van der Waals surface area contributed by atoms with Gasteiger partial charge in [0.05, 0.1) is 5.54 Å². The fourth-order valence-electron chi connectivity index (χ4n) is 2.12. The van der Waals surface area contributed by atoms with Crippen LogP contribution in [0.4, 0.5) is 0 Å². The summed E-state index contributed by atoms with van der Waals surface area (Å²) in [6.07, 6.45) is 5.69. The molecule has 0 bridgehead atoms. The third-order valence-electron chi connectivity index (χ3n) is 3.04. The summed E-state index contributed by atoms with van der Waals surface area (Å²) in [6, 6.07) is 0. The van der Waals surface area contributed by atoms with Crippen molar-refractivity contribution in [2.45, 2.75) is 38.1 Å². The van der Waals surface area contributed by atoms with Gasteiger partial charge in [0, 0.05) is 0 Å². The summed E-state index contributed by atoms with van der Waals surface area (Å²) in [6.45, 7) is 2.20. The fraction of sp³-hybridized carbons (Fsp3) is 0.778. The quantitative estimate of drug-likeness (QED) is 0.749. The molecule has 2 rings (SSSR count). The molecule has 1 aromatic rings. The minimum absolute atomic E-state index is 0.326. The molecule has 0 spiro atoms. The smallest absolute Gasteiger partial charge is 0.213 e. The van der Waals surface area contributed by atoms with Crippen molar-refractivity contribution in [3.05, 3.63) is 12.2 Å². The Kier molecular flexibility index (Phi) is 2.07. The topological polar surface area (TPSA) is 64.9 Å². The Labute approximate surface area is 77.5 Å². The van der Waals surface area contributed by atoms with E-state index in [0.717, 1.165) is 18.8 Å². The number of nitrogens with zero attached hydrogens (tertiary/aromatic N) is 2. The SMILES string of the molecule is CCC1CCC(N)(c2ncon2)C1. The lowest BCUT2D eigenvalue weighted by Crippen LogP contribution is -2.34. The van der Waals surface area contributed by atoms with Gasteiger partial charge in [-0.2, -0.15) is 4.98 Å². The molecule has 0 saturated heterocycles. The molecular formula is C9H15N3O. The van der Waals surface area contributed by atoms with E-state index < -0.39 is 0 Å². The Bertz CT molecular complexity index is 272. The van der Waals surface area contributed by atoms with Crippen LogP contribution in [0.15, 0.2) is 10.9 Å². The van der Waals surface area contributed by atoms with Gasteiger partial charge >= 0.3 is 0 Å². The van der Waals surface area contributed by atoms with Crippen LogP contribution in [-0.4, -0.2) is 10.1 Å². The number of aromatic nitrogens is 2. The third-order valence-corrected chi connectivity index (χ3v) is 3.04. The van der Waals surface area contributed by atoms with Gasteiger partial charge in [-0.1, -0.05) is 18.5 Å². The van der Waals surface area contributed by atoms with Crippen molar-refractivity contribution in [3.63, 3.8) is 0 Å². The minimum Gasteiger partial charge on any atom is -0.343 e. The van der Waals surface area contributed by atoms with Crippen molar-refractivity contribution in [1.82, 2.24) is 10.1 Å². The lowest BCUT2D eigenvalue weighted by molar-refractivity contribution is 0.357. The lowest BCUT2D eigenvalue weighted by atomic mass is 9.95. The van der Waals surface area contributed by atoms with Gasteiger partial charge in [-0.05, 0) is 25.2 Å². The second kappa shape index (κ2) is 3.10. The van der Waals surface area contributed by atoms with E-state index >= 15 is 0 Å². The van der Waals surface area contributed by atoms with Gasteiger partial charge in [0.2, 0.25) is 6.39 Å². The van der Waals surface area contributed by atoms with Gasteiger partial charge in [0.15, 0.2) is 5.82 Å². The van der Waals surface area contributed by atoms with E-state index in [9.17, 15) is 0 Å². The van der Waals surface area contributed by atoms with Gasteiger partial charge in [-0.15, -0.1) is 0 Å². The van der Waals surface area contributed by atoms with E-state index in [1.54, 1.807) is 0 Å². The molecule has 1 aliphatic carbocycles. The van der Waals surface area contributed by atoms with Crippen LogP contribution >= 0.6 is 0 Å². The van der Waals surface area contributed by atoms with E-state index in [2.05, 4.69) is 17.1 Å². The van der Waals surface area contributed by atoms with Crippen LogP contribution < -0.4 is 5.73 Å². The molecule has 2 atom stereocenters. The molecule has 0 aromatic carbocycles. The summed E-state index contributed by atoms with van der Waals surface area (Å²) in [5.74, 6) is 1.40. The van der Waals surface area contributed by atoms with Crippen LogP contribution in [0.25, 0.3) is 0 Å². The van der Waals surface area contributed by atoms with Crippen LogP contribution in [0.1, 0.15) is 38.4 Å². The minimum atomic E-state index is -0.326. The molecule has 1 aliphatic rings. The average Bonchev–Trinajstić information content (AvgIpc) is 2.72. The summed E-state index contributed by atoms with van der Waals surface area (Å²) >= 11 is 0. The summed E-state index contributed by atoms with van der Waals surface area (Å²) in [5.41, 5.74) is 5.88. The number of rotatable bonds is 2. The zero-order valence-electron chi connectivity index (χ0n) is 7.86. The maximum Gasteiger partial charge on any atom is 0.213 e. The van der Waals surface area contributed by atoms with Gasteiger partial charge in [-0.3, -0.25) is 0 Å². The molecule has 1 aromatic heterocycles. The van der Waals surface area contributed by atoms with Gasteiger partial charge in [-0.25, -0.2) is 0 Å². The first-order valence-electron chi connectivity index (χ1n) is 4.80. The van der Waals surface area contributed by atoms with Crippen LogP contribution in [0.5, 0.6) is 0 Å². The molecule has 2 unspecified atom stereocenters. The van der Waals surface area contributed by atoms with E-state index in [0.29, 0.717) is 5.82 Å². The number of hydrogen-bond acceptors (Lipinski definition) is 4. The van der Waals surface area contributed by atoms with Gasteiger partial charge in [0.1, 0.15) is 0 Å². The zero-order chi connectivity index (χ0) is 9.31. The Morgan fingerprint density at radius 2 is 2.62 bits per heavy atom. The maximum absolute atomic E-state index is 6.21. The molecule has 2 N–H and O–H groups in total. The predicted molar refractivity (Wildman–Crippen MR) is 47.8 cm³/mol. The monoisotopic (exact) mass is 181 g/mol. The third kappa shape index (κ3) is 1.46. The highest BCUT2D eigenvalue weighted by molar-refractivity contribution is 5.06. The summed E-state index contributed by atoms with van der Waals surface area (Å²) in [4.78, 5) is 4.04. The average molecular weight is 181 g/mol. The first-order chi connectivity index (χ1) is 6.24. The Hall–Kier alpha value is -0.900. The van der Waals surface area contributed by atoms with Gasteiger partial charge < -0.3 is 10.3 Å². The molecule has 1 fully saturated rings. The highest BCUT2D eigenvalue weighted by atomic mass is 16.5. The molecule has 1 saturated carbocycles. The highest BCUT2D eigenvalue weighted by Gasteiger charge is 2.39. The Morgan fingerprint density at radius 3 is 3.15 bits per heavy atom. The maximum atomic E-state index is 6.21. The molecule has 13 heavy (non-hydrogen) atoms. The second-order valence-corrected chi connectivity index (χ2v) is 3.93. The van der Waals surface area contributed by atoms with Crippen LogP contribution in [0.2, 0.25) is 0 Å². The summed E-state index contributed by atoms with van der Waals surface area (Å²) < 4.78 is 4.72. The molecule has 0 radical (unpaired) electrons. The normalized spacial score (nSPS) is 33.8. The Morgan fingerprint density at radius 1 is 1.77 bits per heavy atom. The van der Waals surface area contributed by atoms with Crippen molar-refractivity contribution in [2.75, 3.05) is 0 Å². The first-order valence-corrected chi connectivity index (χ1v) is 4.80. The van der Waals surface area contributed by atoms with Crippen molar-refractivity contribution in [3.8, 4) is 0 Å². The van der Waals surface area contributed by atoms with Crippen molar-refractivity contribution in [2.24, 2.45) is 11.7 Å². The number of nitrogens with two attached hydrogens (primary N) is 1. The van der Waals surface area contributed by atoms with E-state index in [1.807, 2.05) is 0 Å². The predicted octanol–water partition coefficient (Wildman–Crippen LogP) is 1.43. The fourth-order valence-corrected chi connectivity index (χ4v) is 2.12. The number of hydrogen-bond donors (Lipinski definition) is 1. The zero-order valence-corrected chi connectivity index (χ0v) is 7.86. The molecule has 1 heterocycles. The van der Waals surface area contributed by atoms with Crippen molar-refractivity contribution < 1.29 is 4.52 Å². The van der Waals surface area contributed by atoms with Crippen molar-refractivity contribution in [1.29, 1.82) is 0 Å². The summed E-state index contributed by atoms with van der Waals surface area (Å²) in [5, 5.41) is 3.83. The van der Waals surface area contributed by atoms with Gasteiger partial charge in [0.25, 0.3) is 0 Å². The second-order valence-electron chi connectivity index (χ2n) is 3.93. The molecule has 0 aliphatic heterocycles. The first kappa shape index (κ1) is 8.69. The molecular weight excluding hydrogens is 166 g/mol. The summed E-state index contributed by atoms with van der Waals surface area (Å²) in [7, 11) is 0. The van der Waals surface area contributed by atoms with E-state index in [1.165, 1.54) is 19.2 Å². The highest BCUT2D eigenvalue weighted by Crippen LogP contribution is 2.39. The van der Waals surface area contributed by atoms with Crippen molar-refractivity contribution >= 4 is 0 Å². The largest absolute Gasteiger partial charge is 0.343 e. The standard InChI is InChI=1S/C9H15N3O/c1-2-7-3-4-9(10,5-7)8-11-6-13-12-8/h6-7H,2-5,10H2,1H3. The molecule has 0 amide bonds. The van der Waals surface area contributed by atoms with Crippen LogP contribution in [0, 0.1) is 5.92 Å². The molecule has 4 nitrogen and oxygen atoms in total. The van der Waals surface area contributed by atoms with E-state index in [4.69, 9.17) is 10.3 Å². The lowest BCUT2D eigenvalue weighted by Gasteiger charge is -2.19. The van der Waals surface area contributed by atoms with Crippen LogP contribution in [0.3, 0.4) is 0 Å².